The van der Waals surface area contributed by atoms with Gasteiger partial charge in [0.05, 0.1) is 23.4 Å². The van der Waals surface area contributed by atoms with Crippen LogP contribution < -0.4 is 10.5 Å². The molecule has 11 heteroatoms. The van der Waals surface area contributed by atoms with E-state index in [4.69, 9.17) is 33.8 Å². The minimum absolute atomic E-state index is 0. The second-order valence-corrected chi connectivity index (χ2v) is 12.2. The number of nitrogens with zero attached hydrogens (tertiary/aromatic N) is 7. The van der Waals surface area contributed by atoms with Crippen molar-refractivity contribution in [3.05, 3.63) is 77.6 Å². The molecule has 8 rings (SSSR count). The first kappa shape index (κ1) is 36.5. The van der Waals surface area contributed by atoms with Gasteiger partial charge in [0.2, 0.25) is 11.2 Å². The second-order valence-electron chi connectivity index (χ2n) is 11.8. The van der Waals surface area contributed by atoms with Gasteiger partial charge in [-0.05, 0) is 103 Å². The van der Waals surface area contributed by atoms with Crippen LogP contribution in [0.4, 0.5) is 5.95 Å². The quantitative estimate of drug-likeness (QED) is 0.149. The number of rotatable bonds is 4. The van der Waals surface area contributed by atoms with Crippen LogP contribution >= 0.6 is 11.6 Å². The molecule has 3 N–H and O–H groups in total. The number of halogens is 1. The first-order valence-corrected chi connectivity index (χ1v) is 17.2. The lowest BCUT2D eigenvalue weighted by Gasteiger charge is -2.14. The van der Waals surface area contributed by atoms with Crippen molar-refractivity contribution in [3.63, 3.8) is 0 Å². The van der Waals surface area contributed by atoms with E-state index in [0.29, 0.717) is 17.1 Å². The molecule has 264 valence electrons. The Morgan fingerprint density at radius 2 is 1.44 bits per heavy atom. The third kappa shape index (κ3) is 8.08. The number of hydrogen-bond donors (Lipinski definition) is 2. The molecule has 0 fully saturated rings. The minimum Gasteiger partial charge on any atom is -0.504 e. The molecule has 0 bridgehead atoms. The zero-order valence-corrected chi connectivity index (χ0v) is 30.0. The third-order valence-electron chi connectivity index (χ3n) is 8.54. The van der Waals surface area contributed by atoms with Crippen LogP contribution in [-0.2, 0) is 25.9 Å². The molecule has 0 aliphatic carbocycles. The number of aryl methyl sites for hydroxylation is 4. The average molecular weight is 730 g/mol. The van der Waals surface area contributed by atoms with Crippen molar-refractivity contribution in [3.8, 4) is 99.8 Å². The van der Waals surface area contributed by atoms with Crippen LogP contribution in [-0.4, -0.2) is 40.8 Å². The molecular weight excluding hydrogens is 696 g/mol. The maximum atomic E-state index is 10.0. The summed E-state index contributed by atoms with van der Waals surface area (Å²) in [4.78, 5) is 16.3. The topological polar surface area (TPSA) is 141 Å². The summed E-state index contributed by atoms with van der Waals surface area (Å²) in [5, 5.41) is 21.2. The monoisotopic (exact) mass is 729 g/mol. The van der Waals surface area contributed by atoms with Crippen molar-refractivity contribution in [2.45, 2.75) is 45.7 Å². The van der Waals surface area contributed by atoms with E-state index in [0.717, 1.165) is 60.7 Å². The van der Waals surface area contributed by atoms with Gasteiger partial charge in [-0.2, -0.15) is 5.26 Å². The van der Waals surface area contributed by atoms with Gasteiger partial charge in [-0.1, -0.05) is 42.3 Å². The van der Waals surface area contributed by atoms with Gasteiger partial charge >= 0.3 is 0 Å². The fourth-order valence-electron chi connectivity index (χ4n) is 6.49. The van der Waals surface area contributed by atoms with Crippen molar-refractivity contribution in [2.24, 2.45) is 0 Å². The normalized spacial score (nSPS) is 11.4. The Balaban J connectivity index is 0.000000167. The van der Waals surface area contributed by atoms with E-state index in [2.05, 4.69) is 131 Å². The Morgan fingerprint density at radius 3 is 2.04 bits per heavy atom. The molecule has 0 saturated carbocycles. The van der Waals surface area contributed by atoms with Gasteiger partial charge in [0, 0.05) is 48.8 Å². The molecule has 6 heterocycles. The number of aromatic hydroxyl groups is 1. The molecule has 54 heavy (non-hydrogen) atoms. The van der Waals surface area contributed by atoms with Gasteiger partial charge in [0.25, 0.3) is 0 Å². The summed E-state index contributed by atoms with van der Waals surface area (Å²) >= 11 is 5.99. The highest BCUT2D eigenvalue weighted by molar-refractivity contribution is 6.28. The van der Waals surface area contributed by atoms with Crippen molar-refractivity contribution in [1.82, 2.24) is 29.1 Å². The van der Waals surface area contributed by atoms with Crippen molar-refractivity contribution in [2.75, 3.05) is 12.3 Å². The predicted molar refractivity (Wildman–Crippen MR) is 212 cm³/mol. The van der Waals surface area contributed by atoms with Crippen molar-refractivity contribution >= 4 is 39.4 Å². The summed E-state index contributed by atoms with van der Waals surface area (Å²) in [6.45, 7) is 3.64. The van der Waals surface area contributed by atoms with Crippen LogP contribution in [0, 0.1) is 71.0 Å². The summed E-state index contributed by atoms with van der Waals surface area (Å²) in [6, 6.07) is 14.6. The maximum Gasteiger partial charge on any atom is 0.223 e. The lowest BCUT2D eigenvalue weighted by Crippen LogP contribution is -2.05. The summed E-state index contributed by atoms with van der Waals surface area (Å²) in [7, 11) is 0. The van der Waals surface area contributed by atoms with Gasteiger partial charge in [-0.3, -0.25) is 0 Å². The average Bonchev–Trinajstić information content (AvgIpc) is 3.76. The third-order valence-corrected chi connectivity index (χ3v) is 8.72. The minimum atomic E-state index is -0.0537. The molecule has 0 atom stereocenters. The molecule has 2 aliphatic heterocycles. The number of benzene rings is 2. The SMILES string of the molecule is C#CC#CC#CC#CC#CC.N#CCOc1cnc(Cl)nc1-c1cn2c3c(cccc13)CCC2.Nc1ncc(O)c(-c2cn3c4c(cccc24)CCC3)n1.[2HH]. The standard InChI is InChI=1S/C17H13ClN4O.C15H14N4O.C11H4.H2/c18-17-20-9-14(23-8-6-19)15(21-17)13-10-22-7-2-4-11-3-1-5-12(13)16(11)22;16-15-17-7-12(20)13(18-15)11-8-19-6-2-4-9-3-1-5-10(11)14(9)19;1-3-5-7-9-11-10-8-6-4-2;/h1,3,5,9-10H,2,4,7-8H2;1,3,5,7-8,20H,2,4,6H2,(H2,16,17,18);1H,2H3;1H/i;;;1+1. The van der Waals surface area contributed by atoms with Crippen molar-refractivity contribution in [1.29, 1.82) is 5.26 Å². The van der Waals surface area contributed by atoms with Crippen LogP contribution in [0.2, 0.25) is 5.28 Å². The Morgan fingerprint density at radius 1 is 0.852 bits per heavy atom. The first-order valence-electron chi connectivity index (χ1n) is 16.9. The fraction of sp³-hybridized carbons (Fsp3) is 0.186. The van der Waals surface area contributed by atoms with E-state index in [1.807, 2.05) is 6.07 Å². The van der Waals surface area contributed by atoms with Crippen LogP contribution in [0.3, 0.4) is 0 Å². The largest absolute Gasteiger partial charge is 0.504 e. The predicted octanol–water partition coefficient (Wildman–Crippen LogP) is 6.83. The number of nitrogen functional groups attached to an aromatic ring is 1. The number of hydrogen-bond acceptors (Lipinski definition) is 8. The molecule has 10 nitrogen and oxygen atoms in total. The molecule has 0 unspecified atom stereocenters. The Kier molecular flexibility index (Phi) is 11.6. The zero-order chi connectivity index (χ0) is 37.9. The van der Waals surface area contributed by atoms with Crippen molar-refractivity contribution < 1.29 is 11.3 Å². The molecule has 0 amide bonds. The highest BCUT2D eigenvalue weighted by atomic mass is 35.5. The van der Waals surface area contributed by atoms with Crippen LogP contribution in [0.1, 0.15) is 32.3 Å². The van der Waals surface area contributed by atoms with E-state index in [-0.39, 0.29) is 25.0 Å². The molecule has 4 aromatic heterocycles. The van der Waals surface area contributed by atoms with Gasteiger partial charge < -0.3 is 24.7 Å². The second kappa shape index (κ2) is 17.2. The first-order chi connectivity index (χ1) is 26.4. The number of anilines is 1. The van der Waals surface area contributed by atoms with Gasteiger partial charge in [0.15, 0.2) is 18.1 Å². The number of nitriles is 1. The molecule has 6 aromatic rings. The number of terminal acetylenes is 1. The zero-order valence-electron chi connectivity index (χ0n) is 29.2. The van der Waals surface area contributed by atoms with E-state index < -0.39 is 0 Å². The van der Waals surface area contributed by atoms with E-state index in [1.54, 1.807) is 6.92 Å². The highest BCUT2D eigenvalue weighted by Crippen LogP contribution is 2.39. The number of nitrogens with two attached hydrogens (primary N) is 1. The Bertz CT molecular complexity index is 2750. The van der Waals surface area contributed by atoms with Crippen LogP contribution in [0.5, 0.6) is 11.5 Å². The fourth-order valence-corrected chi connectivity index (χ4v) is 6.62. The van der Waals surface area contributed by atoms with E-state index in [1.165, 1.54) is 34.6 Å². The number of ether oxygens (including phenoxy) is 1. The summed E-state index contributed by atoms with van der Waals surface area (Å²) in [6.07, 6.45) is 16.3. The maximum absolute atomic E-state index is 10.0. The van der Waals surface area contributed by atoms with Gasteiger partial charge in [-0.25, -0.2) is 19.9 Å². The lowest BCUT2D eigenvalue weighted by molar-refractivity contribution is 0.366. The van der Waals surface area contributed by atoms with Crippen LogP contribution in [0.25, 0.3) is 44.3 Å². The molecule has 2 aliphatic rings. The van der Waals surface area contributed by atoms with Crippen LogP contribution in [0.15, 0.2) is 61.2 Å². The Hall–Kier alpha value is -7.34. The van der Waals surface area contributed by atoms with Gasteiger partial charge in [0.1, 0.15) is 17.5 Å². The molecule has 0 radical (unpaired) electrons. The van der Waals surface area contributed by atoms with E-state index >= 15 is 0 Å². The molecule has 0 spiro atoms. The summed E-state index contributed by atoms with van der Waals surface area (Å²) < 4.78 is 9.97. The van der Waals surface area contributed by atoms with Gasteiger partial charge in [-0.15, -0.1) is 6.42 Å². The number of para-hydroxylation sites is 2. The summed E-state index contributed by atoms with van der Waals surface area (Å²) in [5.41, 5.74) is 13.8. The molecule has 2 aromatic carbocycles. The number of aromatic nitrogens is 6. The Labute approximate surface area is 319 Å². The molecular formula is C43H33ClN8O2. The molecule has 0 saturated heterocycles. The smallest absolute Gasteiger partial charge is 0.223 e. The summed E-state index contributed by atoms with van der Waals surface area (Å²) in [5.74, 6) is 22.7. The van der Waals surface area contributed by atoms with E-state index in [9.17, 15) is 5.11 Å². The highest BCUT2D eigenvalue weighted by Gasteiger charge is 2.21. The lowest BCUT2D eigenvalue weighted by atomic mass is 10.0.